The van der Waals surface area contributed by atoms with Crippen molar-refractivity contribution < 1.29 is 9.59 Å². The van der Waals surface area contributed by atoms with Crippen molar-refractivity contribution in [2.45, 2.75) is 26.2 Å². The van der Waals surface area contributed by atoms with Crippen molar-refractivity contribution in [3.63, 3.8) is 0 Å². The van der Waals surface area contributed by atoms with Gasteiger partial charge in [0.15, 0.2) is 0 Å². The van der Waals surface area contributed by atoms with Gasteiger partial charge in [-0.05, 0) is 63.0 Å². The second-order valence-electron chi connectivity index (χ2n) is 7.56. The lowest BCUT2D eigenvalue weighted by Crippen LogP contribution is -2.47. The first-order valence-electron chi connectivity index (χ1n) is 10.1. The Bertz CT molecular complexity index is 691. The Balaban J connectivity index is 1.45. The number of halogens is 1. The summed E-state index contributed by atoms with van der Waals surface area (Å²) in [6, 6.07) is 5.18. The molecule has 2 aliphatic heterocycles. The van der Waals surface area contributed by atoms with Gasteiger partial charge in [0.1, 0.15) is 0 Å². The summed E-state index contributed by atoms with van der Waals surface area (Å²) >= 11 is 6.38. The molecule has 2 fully saturated rings. The fraction of sp³-hybridized carbons (Fsp3) is 0.600. The molecule has 0 bridgehead atoms. The lowest BCUT2D eigenvalue weighted by atomic mass is 9.97. The van der Waals surface area contributed by atoms with Crippen LogP contribution in [0.1, 0.15) is 26.2 Å². The second kappa shape index (κ2) is 9.98. The third-order valence-corrected chi connectivity index (χ3v) is 5.69. The van der Waals surface area contributed by atoms with E-state index < -0.39 is 0 Å². The molecule has 2 saturated heterocycles. The first kappa shape index (κ1) is 20.7. The summed E-state index contributed by atoms with van der Waals surface area (Å²) in [6.45, 7) is 7.93. The van der Waals surface area contributed by atoms with Crippen LogP contribution in [-0.4, -0.2) is 62.7 Å². The van der Waals surface area contributed by atoms with Gasteiger partial charge in [-0.25, -0.2) is 4.79 Å². The molecule has 0 aliphatic carbocycles. The minimum Gasteiger partial charge on any atom is -0.359 e. The van der Waals surface area contributed by atoms with E-state index >= 15 is 0 Å². The molecule has 1 aromatic carbocycles. The van der Waals surface area contributed by atoms with Crippen molar-refractivity contribution in [2.24, 2.45) is 5.92 Å². The Hall–Kier alpha value is -1.99. The monoisotopic (exact) mass is 407 g/mol. The van der Waals surface area contributed by atoms with Gasteiger partial charge in [-0.1, -0.05) is 18.5 Å². The Morgan fingerprint density at radius 2 is 2.07 bits per heavy atom. The molecule has 0 atom stereocenters. The van der Waals surface area contributed by atoms with Crippen molar-refractivity contribution in [1.82, 2.24) is 15.5 Å². The Kier molecular flexibility index (Phi) is 7.39. The van der Waals surface area contributed by atoms with Crippen molar-refractivity contribution in [3.05, 3.63) is 23.2 Å². The fourth-order valence-corrected chi connectivity index (χ4v) is 4.13. The number of anilines is 2. The highest BCUT2D eigenvalue weighted by Crippen LogP contribution is 2.29. The Labute approximate surface area is 171 Å². The molecule has 1 aromatic rings. The molecule has 2 heterocycles. The minimum atomic E-state index is -0.211. The summed E-state index contributed by atoms with van der Waals surface area (Å²) in [5.74, 6) is 0.527. The van der Waals surface area contributed by atoms with Gasteiger partial charge < -0.3 is 25.8 Å². The van der Waals surface area contributed by atoms with Crippen LogP contribution in [0.5, 0.6) is 0 Å². The van der Waals surface area contributed by atoms with E-state index in [4.69, 9.17) is 11.6 Å². The average Bonchev–Trinajstić information content (AvgIpc) is 2.68. The highest BCUT2D eigenvalue weighted by Gasteiger charge is 2.20. The molecule has 154 valence electrons. The van der Waals surface area contributed by atoms with Crippen LogP contribution in [0.4, 0.5) is 16.2 Å². The normalized spacial score (nSPS) is 18.6. The van der Waals surface area contributed by atoms with Crippen LogP contribution in [0.25, 0.3) is 0 Å². The van der Waals surface area contributed by atoms with Crippen LogP contribution >= 0.6 is 11.6 Å². The molecule has 0 saturated carbocycles. The van der Waals surface area contributed by atoms with Crippen molar-refractivity contribution >= 4 is 34.9 Å². The molecule has 3 rings (SSSR count). The van der Waals surface area contributed by atoms with Gasteiger partial charge in [0.05, 0.1) is 17.3 Å². The quantitative estimate of drug-likeness (QED) is 0.677. The lowest BCUT2D eigenvalue weighted by molar-refractivity contribution is -0.120. The number of nitrogens with zero attached hydrogens (tertiary/aromatic N) is 2. The van der Waals surface area contributed by atoms with E-state index in [0.717, 1.165) is 38.2 Å². The molecular weight excluding hydrogens is 378 g/mol. The second-order valence-corrected chi connectivity index (χ2v) is 7.96. The largest absolute Gasteiger partial charge is 0.359 e. The molecule has 2 aliphatic rings. The van der Waals surface area contributed by atoms with Crippen molar-refractivity contribution in [2.75, 3.05) is 56.0 Å². The maximum atomic E-state index is 12.2. The number of piperidine rings is 1. The predicted octanol–water partition coefficient (Wildman–Crippen LogP) is 2.52. The van der Waals surface area contributed by atoms with Crippen LogP contribution in [-0.2, 0) is 4.79 Å². The average molecular weight is 408 g/mol. The highest BCUT2D eigenvalue weighted by molar-refractivity contribution is 6.33. The lowest BCUT2D eigenvalue weighted by Gasteiger charge is -2.31. The van der Waals surface area contributed by atoms with Crippen molar-refractivity contribution in [1.29, 1.82) is 0 Å². The van der Waals surface area contributed by atoms with Gasteiger partial charge in [-0.3, -0.25) is 4.79 Å². The van der Waals surface area contributed by atoms with Crippen LogP contribution < -0.4 is 20.9 Å². The maximum absolute atomic E-state index is 12.2. The van der Waals surface area contributed by atoms with Crippen LogP contribution in [0.2, 0.25) is 5.02 Å². The van der Waals surface area contributed by atoms with Gasteiger partial charge in [0, 0.05) is 25.3 Å². The standard InChI is InChI=1S/C20H30ClN5O2/c1-2-8-25-9-5-15(6-10-25)13-23-20(28)24-16-3-4-18(17(21)12-16)26-11-7-22-19(27)14-26/h3-4,12,15H,2,5-11,13-14H2,1H3,(H,22,27)(H2,23,24,28). The number of piperazine rings is 1. The molecule has 0 unspecified atom stereocenters. The van der Waals surface area contributed by atoms with Gasteiger partial charge in [0.2, 0.25) is 5.91 Å². The van der Waals surface area contributed by atoms with E-state index in [1.807, 2.05) is 17.0 Å². The molecular formula is C20H30ClN5O2. The zero-order valence-corrected chi connectivity index (χ0v) is 17.2. The van der Waals surface area contributed by atoms with E-state index in [1.165, 1.54) is 13.0 Å². The third-order valence-electron chi connectivity index (χ3n) is 5.38. The van der Waals surface area contributed by atoms with E-state index in [1.54, 1.807) is 6.07 Å². The number of amides is 3. The molecule has 8 heteroatoms. The van der Waals surface area contributed by atoms with E-state index in [-0.39, 0.29) is 11.9 Å². The minimum absolute atomic E-state index is 0.00979. The first-order chi connectivity index (χ1) is 13.5. The topological polar surface area (TPSA) is 76.7 Å². The van der Waals surface area contributed by atoms with E-state index in [0.29, 0.717) is 36.3 Å². The molecule has 28 heavy (non-hydrogen) atoms. The number of nitrogens with one attached hydrogen (secondary N) is 3. The number of rotatable bonds is 6. The number of carbonyl (C=O) groups excluding carboxylic acids is 2. The zero-order valence-electron chi connectivity index (χ0n) is 16.5. The number of benzene rings is 1. The summed E-state index contributed by atoms with van der Waals surface area (Å²) in [4.78, 5) is 28.2. The van der Waals surface area contributed by atoms with Gasteiger partial charge in [-0.15, -0.1) is 0 Å². The van der Waals surface area contributed by atoms with E-state index in [2.05, 4.69) is 27.8 Å². The van der Waals surface area contributed by atoms with Crippen molar-refractivity contribution in [3.8, 4) is 0 Å². The number of hydrogen-bond donors (Lipinski definition) is 3. The smallest absolute Gasteiger partial charge is 0.319 e. The Morgan fingerprint density at radius 1 is 1.29 bits per heavy atom. The molecule has 3 amide bonds. The Morgan fingerprint density at radius 3 is 2.75 bits per heavy atom. The van der Waals surface area contributed by atoms with Gasteiger partial charge in [0.25, 0.3) is 0 Å². The van der Waals surface area contributed by atoms with Crippen LogP contribution in [0.15, 0.2) is 18.2 Å². The number of hydrogen-bond acceptors (Lipinski definition) is 4. The number of urea groups is 1. The van der Waals surface area contributed by atoms with Crippen LogP contribution in [0, 0.1) is 5.92 Å². The summed E-state index contributed by atoms with van der Waals surface area (Å²) < 4.78 is 0. The zero-order chi connectivity index (χ0) is 19.9. The molecule has 0 spiro atoms. The maximum Gasteiger partial charge on any atom is 0.319 e. The highest BCUT2D eigenvalue weighted by atomic mass is 35.5. The number of likely N-dealkylation sites (tertiary alicyclic amines) is 1. The SMILES string of the molecule is CCCN1CCC(CNC(=O)Nc2ccc(N3CCNC(=O)C3)c(Cl)c2)CC1. The molecule has 7 nitrogen and oxygen atoms in total. The van der Waals surface area contributed by atoms with Gasteiger partial charge in [-0.2, -0.15) is 0 Å². The molecule has 3 N–H and O–H groups in total. The number of carbonyl (C=O) groups is 2. The summed E-state index contributed by atoms with van der Waals surface area (Å²) in [7, 11) is 0. The molecule has 0 radical (unpaired) electrons. The van der Waals surface area contributed by atoms with Gasteiger partial charge >= 0.3 is 6.03 Å². The summed E-state index contributed by atoms with van der Waals surface area (Å²) in [6.07, 6.45) is 3.45. The van der Waals surface area contributed by atoms with E-state index in [9.17, 15) is 9.59 Å². The summed E-state index contributed by atoms with van der Waals surface area (Å²) in [5, 5.41) is 9.14. The summed E-state index contributed by atoms with van der Waals surface area (Å²) in [5.41, 5.74) is 1.45. The molecule has 0 aromatic heterocycles. The third kappa shape index (κ3) is 5.75. The fourth-order valence-electron chi connectivity index (χ4n) is 3.83. The predicted molar refractivity (Wildman–Crippen MR) is 113 cm³/mol. The first-order valence-corrected chi connectivity index (χ1v) is 10.5. The van der Waals surface area contributed by atoms with Crippen LogP contribution in [0.3, 0.4) is 0 Å².